The highest BCUT2D eigenvalue weighted by Crippen LogP contribution is 2.43. The van der Waals surface area contributed by atoms with Crippen molar-refractivity contribution in [1.82, 2.24) is 0 Å². The minimum absolute atomic E-state index is 0.0867. The average Bonchev–Trinajstić information content (AvgIpc) is 3.08. The predicted molar refractivity (Wildman–Crippen MR) is 106 cm³/mol. The lowest BCUT2D eigenvalue weighted by Crippen LogP contribution is -2.06. The summed E-state index contributed by atoms with van der Waals surface area (Å²) < 4.78 is 107. The first kappa shape index (κ1) is 24.8. The second kappa shape index (κ2) is 9.59. The maximum absolute atomic E-state index is 13.9. The van der Waals surface area contributed by atoms with Gasteiger partial charge in [0.25, 0.3) is 0 Å². The van der Waals surface area contributed by atoms with Crippen molar-refractivity contribution >= 4 is 68.6 Å². The van der Waals surface area contributed by atoms with Crippen molar-refractivity contribution in [2.24, 2.45) is 0 Å². The minimum atomic E-state index is -2.20. The van der Waals surface area contributed by atoms with E-state index in [9.17, 15) is 44.7 Å². The summed E-state index contributed by atoms with van der Waals surface area (Å²) in [7, 11) is 0. The molecule has 0 atom stereocenters. The first-order valence-corrected chi connectivity index (χ1v) is 11.3. The Kier molecular flexibility index (Phi) is 7.44. The van der Waals surface area contributed by atoms with Crippen LogP contribution in [0.15, 0.2) is 20.6 Å². The Morgan fingerprint density at radius 3 is 1.31 bits per heavy atom. The molecule has 0 saturated carbocycles. The first-order valence-electron chi connectivity index (χ1n) is 7.66. The molecule has 2 nitrogen and oxygen atoms in total. The molecule has 0 saturated heterocycles. The van der Waals surface area contributed by atoms with Gasteiger partial charge < -0.3 is 0 Å². The summed E-state index contributed by atoms with van der Waals surface area (Å²) >= 11 is 6.74. The summed E-state index contributed by atoms with van der Waals surface area (Å²) in [5.41, 5.74) is -2.27. The van der Waals surface area contributed by atoms with Crippen molar-refractivity contribution in [3.63, 3.8) is 0 Å². The molecule has 0 spiro atoms. The van der Waals surface area contributed by atoms with Crippen molar-refractivity contribution in [2.45, 2.75) is 8.42 Å². The first-order chi connectivity index (χ1) is 14.9. The molecule has 0 unspecified atom stereocenters. The molecular formula is C17H2F8O2S5. The molecule has 0 radical (unpaired) electrons. The van der Waals surface area contributed by atoms with Crippen LogP contribution in [0, 0.1) is 49.7 Å². The van der Waals surface area contributed by atoms with Gasteiger partial charge in [-0.15, -0.1) is 22.7 Å². The Hall–Kier alpha value is -1.81. The van der Waals surface area contributed by atoms with Crippen LogP contribution < -0.4 is 0 Å². The largest absolute Gasteiger partial charge is 0.281 e. The van der Waals surface area contributed by atoms with Gasteiger partial charge in [0.1, 0.15) is 3.14 Å². The Labute approximate surface area is 194 Å². The number of carbonyl (C=O) groups is 2. The van der Waals surface area contributed by atoms with Crippen LogP contribution >= 0.6 is 58.4 Å². The molecule has 0 N–H and O–H groups in total. The van der Waals surface area contributed by atoms with Gasteiger partial charge in [0.05, 0.1) is 19.5 Å². The van der Waals surface area contributed by atoms with Gasteiger partial charge >= 0.3 is 0 Å². The fourth-order valence-electron chi connectivity index (χ4n) is 2.10. The predicted octanol–water partition coefficient (Wildman–Crippen LogP) is 7.52. The van der Waals surface area contributed by atoms with Crippen LogP contribution in [-0.2, 0) is 0 Å². The maximum Gasteiger partial charge on any atom is 0.228 e. The molecule has 1 heterocycles. The Morgan fingerprint density at radius 2 is 0.969 bits per heavy atom. The lowest BCUT2D eigenvalue weighted by atomic mass is 10.2. The SMILES string of the molecule is O=C(Sc1sc(=S)sc1SC(=O)c1cc(F)c(F)c(F)c1F)c1cc(F)c(F)c(F)c1F. The molecule has 0 fully saturated rings. The molecule has 32 heavy (non-hydrogen) atoms. The second-order valence-electron chi connectivity index (χ2n) is 5.50. The van der Waals surface area contributed by atoms with Crippen molar-refractivity contribution in [2.75, 3.05) is 0 Å². The lowest BCUT2D eigenvalue weighted by molar-refractivity contribution is 0.107. The molecule has 3 rings (SSSR count). The van der Waals surface area contributed by atoms with Gasteiger partial charge in [-0.05, 0) is 35.7 Å². The van der Waals surface area contributed by atoms with Gasteiger partial charge in [-0.1, -0.05) is 12.2 Å². The molecule has 168 valence electrons. The number of hydrogen-bond acceptors (Lipinski definition) is 7. The van der Waals surface area contributed by atoms with Crippen LogP contribution in [0.25, 0.3) is 0 Å². The van der Waals surface area contributed by atoms with E-state index in [1.165, 1.54) is 0 Å². The van der Waals surface area contributed by atoms with Gasteiger partial charge in [0.2, 0.25) is 10.2 Å². The summed E-state index contributed by atoms with van der Waals surface area (Å²) in [5, 5.41) is -2.55. The van der Waals surface area contributed by atoms with Crippen molar-refractivity contribution in [3.05, 3.63) is 72.9 Å². The third-order valence-electron chi connectivity index (χ3n) is 3.53. The Balaban J connectivity index is 1.92. The fourth-order valence-corrected chi connectivity index (χ4v) is 7.68. The van der Waals surface area contributed by atoms with E-state index in [4.69, 9.17) is 12.2 Å². The smallest absolute Gasteiger partial charge is 0.228 e. The molecule has 0 aliphatic rings. The second-order valence-corrected chi connectivity index (χ2v) is 11.2. The highest BCUT2D eigenvalue weighted by molar-refractivity contribution is 8.19. The molecular weight excluding hydrogens is 549 g/mol. The molecule has 3 aromatic rings. The molecule has 1 aromatic heterocycles. The van der Waals surface area contributed by atoms with E-state index in [0.29, 0.717) is 0 Å². The van der Waals surface area contributed by atoms with E-state index in [1.54, 1.807) is 0 Å². The number of hydrogen-bond donors (Lipinski definition) is 0. The number of carbonyl (C=O) groups excluding carboxylic acids is 2. The molecule has 0 bridgehead atoms. The zero-order valence-electron chi connectivity index (χ0n) is 14.5. The molecule has 2 aromatic carbocycles. The molecule has 0 amide bonds. The van der Waals surface area contributed by atoms with Crippen molar-refractivity contribution < 1.29 is 44.7 Å². The third kappa shape index (κ3) is 4.76. The van der Waals surface area contributed by atoms with E-state index >= 15 is 0 Å². The van der Waals surface area contributed by atoms with Crippen LogP contribution in [-0.4, -0.2) is 10.2 Å². The summed E-state index contributed by atoms with van der Waals surface area (Å²) in [6.07, 6.45) is 0. The van der Waals surface area contributed by atoms with E-state index in [0.717, 1.165) is 22.7 Å². The Morgan fingerprint density at radius 1 is 0.625 bits per heavy atom. The topological polar surface area (TPSA) is 34.1 Å². The quantitative estimate of drug-likeness (QED) is 0.110. The molecule has 0 aliphatic heterocycles. The van der Waals surface area contributed by atoms with Gasteiger partial charge in [-0.25, -0.2) is 35.1 Å². The normalized spacial score (nSPS) is 11.1. The molecule has 15 heteroatoms. The standard InChI is InChI=1S/C17H2F8O2S5/c18-5-1-3(7(20)11(24)9(5)22)13(26)29-15-16(32-17(28)31-15)30-14(27)4-2-6(19)10(23)12(25)8(4)21/h1-2H. The Bertz CT molecular complexity index is 1240. The highest BCUT2D eigenvalue weighted by Gasteiger charge is 2.27. The third-order valence-corrected chi connectivity index (χ3v) is 8.75. The van der Waals surface area contributed by atoms with Gasteiger partial charge in [0.15, 0.2) is 46.5 Å². The van der Waals surface area contributed by atoms with E-state index in [-0.39, 0.29) is 47.2 Å². The number of rotatable bonds is 4. The van der Waals surface area contributed by atoms with Gasteiger partial charge in [0, 0.05) is 0 Å². The van der Waals surface area contributed by atoms with Crippen LogP contribution in [0.5, 0.6) is 0 Å². The minimum Gasteiger partial charge on any atom is -0.281 e. The van der Waals surface area contributed by atoms with Crippen LogP contribution in [0.1, 0.15) is 20.7 Å². The number of thioether (sulfide) groups is 2. The van der Waals surface area contributed by atoms with Crippen molar-refractivity contribution in [3.8, 4) is 0 Å². The van der Waals surface area contributed by atoms with E-state index in [1.807, 2.05) is 0 Å². The maximum atomic E-state index is 13.9. The van der Waals surface area contributed by atoms with E-state index < -0.39 is 67.9 Å². The summed E-state index contributed by atoms with van der Waals surface area (Å²) in [5.74, 6) is -16.1. The van der Waals surface area contributed by atoms with Crippen LogP contribution in [0.3, 0.4) is 0 Å². The zero-order valence-corrected chi connectivity index (χ0v) is 18.6. The lowest BCUT2D eigenvalue weighted by Gasteiger charge is -2.06. The fraction of sp³-hybridized carbons (Fsp3) is 0. The van der Waals surface area contributed by atoms with Gasteiger partial charge in [-0.2, -0.15) is 0 Å². The van der Waals surface area contributed by atoms with Crippen molar-refractivity contribution in [1.29, 1.82) is 0 Å². The van der Waals surface area contributed by atoms with E-state index in [2.05, 4.69) is 0 Å². The van der Waals surface area contributed by atoms with Crippen LogP contribution in [0.2, 0.25) is 0 Å². The zero-order chi connectivity index (χ0) is 23.9. The van der Waals surface area contributed by atoms with Gasteiger partial charge in [-0.3, -0.25) is 9.59 Å². The average molecular weight is 551 g/mol. The summed E-state index contributed by atoms with van der Waals surface area (Å²) in [6, 6.07) is 0.290. The highest BCUT2D eigenvalue weighted by atomic mass is 32.2. The van der Waals surface area contributed by atoms with Crippen LogP contribution in [0.4, 0.5) is 35.1 Å². The monoisotopic (exact) mass is 550 g/mol. The summed E-state index contributed by atoms with van der Waals surface area (Å²) in [4.78, 5) is 24.6. The molecule has 0 aliphatic carbocycles. The number of halogens is 8. The summed E-state index contributed by atoms with van der Waals surface area (Å²) in [6.45, 7) is 0. The number of benzene rings is 2.